The Morgan fingerprint density at radius 2 is 2.05 bits per heavy atom. The Bertz CT molecular complexity index is 446. The molecule has 102 valence electrons. The average Bonchev–Trinajstić information content (AvgIpc) is 2.48. The second-order valence-corrected chi connectivity index (χ2v) is 5.36. The van der Waals surface area contributed by atoms with E-state index in [0.717, 1.165) is 31.6 Å². The van der Waals surface area contributed by atoms with Crippen molar-refractivity contribution in [2.75, 3.05) is 13.2 Å². The first kappa shape index (κ1) is 14.0. The molecular formula is C16H22N2O. The summed E-state index contributed by atoms with van der Waals surface area (Å²) in [6.45, 7) is 6.18. The van der Waals surface area contributed by atoms with Crippen molar-refractivity contribution in [3.05, 3.63) is 35.4 Å². The molecule has 0 bridgehead atoms. The summed E-state index contributed by atoms with van der Waals surface area (Å²) in [5.74, 6) is 0.690. The van der Waals surface area contributed by atoms with Gasteiger partial charge >= 0.3 is 0 Å². The molecule has 19 heavy (non-hydrogen) atoms. The average molecular weight is 258 g/mol. The Kier molecular flexibility index (Phi) is 4.95. The van der Waals surface area contributed by atoms with Gasteiger partial charge in [0.15, 0.2) is 0 Å². The summed E-state index contributed by atoms with van der Waals surface area (Å²) in [4.78, 5) is 0. The molecule has 3 heteroatoms. The fourth-order valence-corrected chi connectivity index (χ4v) is 2.72. The van der Waals surface area contributed by atoms with Crippen molar-refractivity contribution in [2.45, 2.75) is 38.8 Å². The van der Waals surface area contributed by atoms with E-state index in [1.165, 1.54) is 5.56 Å². The molecule has 1 saturated heterocycles. The van der Waals surface area contributed by atoms with Crippen molar-refractivity contribution in [3.8, 4) is 6.07 Å². The van der Waals surface area contributed by atoms with Crippen LogP contribution in [0.3, 0.4) is 0 Å². The molecule has 0 radical (unpaired) electrons. The van der Waals surface area contributed by atoms with Gasteiger partial charge in [-0.05, 0) is 50.3 Å². The molecule has 1 N–H and O–H groups in total. The number of hydrogen-bond acceptors (Lipinski definition) is 3. The van der Waals surface area contributed by atoms with E-state index in [1.807, 2.05) is 18.2 Å². The van der Waals surface area contributed by atoms with Gasteiger partial charge in [0.05, 0.1) is 11.6 Å². The lowest BCUT2D eigenvalue weighted by molar-refractivity contribution is 0.0547. The summed E-state index contributed by atoms with van der Waals surface area (Å²) in [5.41, 5.74) is 1.91. The van der Waals surface area contributed by atoms with E-state index in [4.69, 9.17) is 10.00 Å². The minimum absolute atomic E-state index is 0.270. The van der Waals surface area contributed by atoms with Gasteiger partial charge in [-0.25, -0.2) is 0 Å². The summed E-state index contributed by atoms with van der Waals surface area (Å²) >= 11 is 0. The lowest BCUT2D eigenvalue weighted by Crippen LogP contribution is -2.38. The van der Waals surface area contributed by atoms with E-state index in [-0.39, 0.29) is 6.04 Å². The number of nitrogens with one attached hydrogen (secondary N) is 1. The number of hydrogen-bond donors (Lipinski definition) is 1. The first-order valence-corrected chi connectivity index (χ1v) is 7.04. The highest BCUT2D eigenvalue weighted by Gasteiger charge is 2.21. The molecule has 2 rings (SSSR count). The second kappa shape index (κ2) is 6.70. The highest BCUT2D eigenvalue weighted by atomic mass is 16.5. The SMILES string of the molecule is CC(NC(C)C1CCOCC1)c1cccc(C#N)c1. The fourth-order valence-electron chi connectivity index (χ4n) is 2.72. The molecule has 1 aromatic rings. The maximum absolute atomic E-state index is 8.95. The summed E-state index contributed by atoms with van der Waals surface area (Å²) in [6.07, 6.45) is 2.28. The van der Waals surface area contributed by atoms with Crippen LogP contribution in [0.1, 0.15) is 43.9 Å². The van der Waals surface area contributed by atoms with E-state index >= 15 is 0 Å². The maximum Gasteiger partial charge on any atom is 0.0991 e. The van der Waals surface area contributed by atoms with Crippen LogP contribution in [0.2, 0.25) is 0 Å². The van der Waals surface area contributed by atoms with Gasteiger partial charge in [0.25, 0.3) is 0 Å². The molecule has 1 aliphatic rings. The van der Waals surface area contributed by atoms with Crippen molar-refractivity contribution in [3.63, 3.8) is 0 Å². The minimum Gasteiger partial charge on any atom is -0.381 e. The zero-order valence-electron chi connectivity index (χ0n) is 11.7. The van der Waals surface area contributed by atoms with Gasteiger partial charge in [-0.15, -0.1) is 0 Å². The Morgan fingerprint density at radius 3 is 2.74 bits per heavy atom. The first-order valence-electron chi connectivity index (χ1n) is 7.04. The van der Waals surface area contributed by atoms with Crippen LogP contribution in [-0.2, 0) is 4.74 Å². The Hall–Kier alpha value is -1.37. The fraction of sp³-hybridized carbons (Fsp3) is 0.562. The van der Waals surface area contributed by atoms with Crippen molar-refractivity contribution < 1.29 is 4.74 Å². The van der Waals surface area contributed by atoms with Crippen LogP contribution in [-0.4, -0.2) is 19.3 Å². The van der Waals surface area contributed by atoms with Crippen molar-refractivity contribution in [1.29, 1.82) is 5.26 Å². The zero-order valence-corrected chi connectivity index (χ0v) is 11.7. The lowest BCUT2D eigenvalue weighted by Gasteiger charge is -2.30. The van der Waals surface area contributed by atoms with E-state index in [9.17, 15) is 0 Å². The molecule has 0 spiro atoms. The first-order chi connectivity index (χ1) is 9.20. The molecule has 0 saturated carbocycles. The van der Waals surface area contributed by atoms with Crippen LogP contribution in [0.5, 0.6) is 0 Å². The third-order valence-electron chi connectivity index (χ3n) is 4.00. The molecular weight excluding hydrogens is 236 g/mol. The molecule has 1 heterocycles. The summed E-state index contributed by atoms with van der Waals surface area (Å²) < 4.78 is 5.41. The molecule has 1 aromatic carbocycles. The van der Waals surface area contributed by atoms with Gasteiger partial charge in [0.1, 0.15) is 0 Å². The normalized spacial score (nSPS) is 19.6. The monoisotopic (exact) mass is 258 g/mol. The van der Waals surface area contributed by atoms with E-state index in [1.54, 1.807) is 0 Å². The predicted molar refractivity (Wildman–Crippen MR) is 75.7 cm³/mol. The van der Waals surface area contributed by atoms with E-state index < -0.39 is 0 Å². The summed E-state index contributed by atoms with van der Waals surface area (Å²) in [7, 11) is 0. The highest BCUT2D eigenvalue weighted by Crippen LogP contribution is 2.22. The molecule has 2 unspecified atom stereocenters. The standard InChI is InChI=1S/C16H22N2O/c1-12(15-6-8-19-9-7-15)18-13(2)16-5-3-4-14(10-16)11-17/h3-5,10,12-13,15,18H,6-9H2,1-2H3. The molecule has 0 aromatic heterocycles. The Labute approximate surface area is 115 Å². The lowest BCUT2D eigenvalue weighted by atomic mass is 9.92. The molecule has 2 atom stereocenters. The zero-order chi connectivity index (χ0) is 13.7. The summed E-state index contributed by atoms with van der Waals surface area (Å²) in [5, 5.41) is 12.6. The van der Waals surface area contributed by atoms with Gasteiger partial charge < -0.3 is 10.1 Å². The number of nitrogens with zero attached hydrogens (tertiary/aromatic N) is 1. The smallest absolute Gasteiger partial charge is 0.0991 e. The largest absolute Gasteiger partial charge is 0.381 e. The number of benzene rings is 1. The van der Waals surface area contributed by atoms with Crippen molar-refractivity contribution >= 4 is 0 Å². The van der Waals surface area contributed by atoms with Gasteiger partial charge in [-0.2, -0.15) is 5.26 Å². The van der Waals surface area contributed by atoms with Crippen LogP contribution in [0.25, 0.3) is 0 Å². The van der Waals surface area contributed by atoms with E-state index in [0.29, 0.717) is 12.0 Å². The predicted octanol–water partition coefficient (Wildman–Crippen LogP) is 3.02. The van der Waals surface area contributed by atoms with Crippen LogP contribution < -0.4 is 5.32 Å². The van der Waals surface area contributed by atoms with Crippen LogP contribution >= 0.6 is 0 Å². The van der Waals surface area contributed by atoms with Crippen LogP contribution in [0, 0.1) is 17.2 Å². The molecule has 0 amide bonds. The third-order valence-corrected chi connectivity index (χ3v) is 4.00. The maximum atomic E-state index is 8.95. The van der Waals surface area contributed by atoms with Crippen LogP contribution in [0.4, 0.5) is 0 Å². The highest BCUT2D eigenvalue weighted by molar-refractivity contribution is 5.34. The Balaban J connectivity index is 1.95. The topological polar surface area (TPSA) is 45.0 Å². The molecule has 3 nitrogen and oxygen atoms in total. The van der Waals surface area contributed by atoms with Gasteiger partial charge in [-0.3, -0.25) is 0 Å². The van der Waals surface area contributed by atoms with Crippen LogP contribution in [0.15, 0.2) is 24.3 Å². The Morgan fingerprint density at radius 1 is 1.32 bits per heavy atom. The quantitative estimate of drug-likeness (QED) is 0.903. The summed E-state index contributed by atoms with van der Waals surface area (Å²) in [6, 6.07) is 10.8. The van der Waals surface area contributed by atoms with Gasteiger partial charge in [0.2, 0.25) is 0 Å². The van der Waals surface area contributed by atoms with Crippen molar-refractivity contribution in [1.82, 2.24) is 5.32 Å². The number of ether oxygens (including phenoxy) is 1. The molecule has 0 aliphatic carbocycles. The van der Waals surface area contributed by atoms with Gasteiger partial charge in [-0.1, -0.05) is 12.1 Å². The number of rotatable bonds is 4. The molecule has 1 aliphatic heterocycles. The van der Waals surface area contributed by atoms with Gasteiger partial charge in [0, 0.05) is 25.3 Å². The third kappa shape index (κ3) is 3.79. The molecule has 1 fully saturated rings. The van der Waals surface area contributed by atoms with E-state index in [2.05, 4.69) is 31.3 Å². The number of nitriles is 1. The second-order valence-electron chi connectivity index (χ2n) is 5.36. The van der Waals surface area contributed by atoms with Crippen molar-refractivity contribution in [2.24, 2.45) is 5.92 Å². The minimum atomic E-state index is 0.270.